The fourth-order valence-corrected chi connectivity index (χ4v) is 2.27. The summed E-state index contributed by atoms with van der Waals surface area (Å²) in [7, 11) is -4.03. The third-order valence-corrected chi connectivity index (χ3v) is 3.49. The topological polar surface area (TPSA) is 75.6 Å². The van der Waals surface area contributed by atoms with Crippen LogP contribution in [0.3, 0.4) is 0 Å². The summed E-state index contributed by atoms with van der Waals surface area (Å²) in [5.41, 5.74) is 0.551. The summed E-state index contributed by atoms with van der Waals surface area (Å²) in [5.74, 6) is 0. The van der Waals surface area contributed by atoms with Gasteiger partial charge >= 0.3 is 0 Å². The van der Waals surface area contributed by atoms with Crippen molar-refractivity contribution in [2.75, 3.05) is 19.8 Å². The van der Waals surface area contributed by atoms with Crippen molar-refractivity contribution in [3.8, 4) is 0 Å². The van der Waals surface area contributed by atoms with Gasteiger partial charge in [0.05, 0.1) is 18.1 Å². The second-order valence-electron chi connectivity index (χ2n) is 4.17. The molecule has 1 atom stereocenters. The van der Waals surface area contributed by atoms with E-state index in [0.717, 1.165) is 19.8 Å². The first kappa shape index (κ1) is 15.1. The van der Waals surface area contributed by atoms with Crippen LogP contribution in [0.2, 0.25) is 0 Å². The van der Waals surface area contributed by atoms with E-state index >= 15 is 0 Å². The number of benzene rings is 1. The lowest BCUT2D eigenvalue weighted by atomic mass is 10.2. The molecule has 5 nitrogen and oxygen atoms in total. The van der Waals surface area contributed by atoms with Gasteiger partial charge in [-0.3, -0.25) is 4.55 Å². The zero-order chi connectivity index (χ0) is 13.6. The zero-order valence-corrected chi connectivity index (χ0v) is 11.4. The lowest BCUT2D eigenvalue weighted by Crippen LogP contribution is -2.38. The maximum absolute atomic E-state index is 10.6. The summed E-state index contributed by atoms with van der Waals surface area (Å²) in [6.07, 6.45) is 0. The first-order chi connectivity index (χ1) is 8.41. The Morgan fingerprint density at radius 1 is 1.39 bits per heavy atom. The minimum absolute atomic E-state index is 0.0278. The Labute approximate surface area is 108 Å². The van der Waals surface area contributed by atoms with Crippen molar-refractivity contribution in [2.45, 2.75) is 24.8 Å². The first-order valence-corrected chi connectivity index (χ1v) is 7.19. The molecule has 1 aliphatic rings. The molecule has 1 fully saturated rings. The molecule has 0 spiro atoms. The number of rotatable bonds is 1. The Balaban J connectivity index is 0.000000199. The first-order valence-electron chi connectivity index (χ1n) is 5.75. The molecule has 0 aromatic heterocycles. The summed E-state index contributed by atoms with van der Waals surface area (Å²) >= 11 is 0. The zero-order valence-electron chi connectivity index (χ0n) is 10.6. The summed E-state index contributed by atoms with van der Waals surface area (Å²) in [4.78, 5) is -0.0278. The van der Waals surface area contributed by atoms with E-state index in [9.17, 15) is 8.42 Å². The van der Waals surface area contributed by atoms with Crippen molar-refractivity contribution >= 4 is 10.1 Å². The molecule has 2 rings (SSSR count). The average Bonchev–Trinajstić information content (AvgIpc) is 2.30. The van der Waals surface area contributed by atoms with Crippen LogP contribution in [0.25, 0.3) is 0 Å². The van der Waals surface area contributed by atoms with Crippen molar-refractivity contribution < 1.29 is 17.7 Å². The summed E-state index contributed by atoms with van der Waals surface area (Å²) < 4.78 is 35.0. The lowest BCUT2D eigenvalue weighted by molar-refractivity contribution is 0.0824. The molecule has 102 valence electrons. The highest BCUT2D eigenvalue weighted by Gasteiger charge is 2.10. The second kappa shape index (κ2) is 6.84. The SMILES string of the molecule is C[C@@H]1COCCN1.Cc1ccccc1S(=O)(=O)O. The summed E-state index contributed by atoms with van der Waals surface area (Å²) in [6, 6.07) is 6.84. The van der Waals surface area contributed by atoms with Gasteiger partial charge in [-0.05, 0) is 25.5 Å². The quantitative estimate of drug-likeness (QED) is 0.753. The molecule has 0 amide bonds. The third-order valence-electron chi connectivity index (χ3n) is 2.48. The van der Waals surface area contributed by atoms with E-state index in [4.69, 9.17) is 9.29 Å². The lowest BCUT2D eigenvalue weighted by Gasteiger charge is -2.19. The smallest absolute Gasteiger partial charge is 0.294 e. The van der Waals surface area contributed by atoms with Crippen LogP contribution in [-0.4, -0.2) is 38.8 Å². The van der Waals surface area contributed by atoms with Crippen LogP contribution < -0.4 is 5.32 Å². The number of aryl methyl sites for hydroxylation is 1. The van der Waals surface area contributed by atoms with E-state index in [1.807, 2.05) is 0 Å². The summed E-state index contributed by atoms with van der Waals surface area (Å²) in [6.45, 7) is 6.52. The Kier molecular flexibility index (Phi) is 5.74. The molecule has 0 bridgehead atoms. The maximum atomic E-state index is 10.6. The highest BCUT2D eigenvalue weighted by Crippen LogP contribution is 2.12. The normalized spacial score (nSPS) is 19.8. The fraction of sp³-hybridized carbons (Fsp3) is 0.500. The summed E-state index contributed by atoms with van der Waals surface area (Å²) in [5, 5.41) is 3.26. The number of morpholine rings is 1. The monoisotopic (exact) mass is 273 g/mol. The Bertz CT molecular complexity index is 467. The predicted octanol–water partition coefficient (Wildman–Crippen LogP) is 1.24. The molecule has 0 aliphatic carbocycles. The molecule has 1 saturated heterocycles. The average molecular weight is 273 g/mol. The van der Waals surface area contributed by atoms with E-state index in [0.29, 0.717) is 11.6 Å². The highest BCUT2D eigenvalue weighted by molar-refractivity contribution is 7.85. The molecule has 0 saturated carbocycles. The Morgan fingerprint density at radius 2 is 2.06 bits per heavy atom. The van der Waals surface area contributed by atoms with Gasteiger partial charge in [-0.2, -0.15) is 8.42 Å². The number of hydrogen-bond acceptors (Lipinski definition) is 4. The number of ether oxygens (including phenoxy) is 1. The van der Waals surface area contributed by atoms with Crippen LogP contribution in [0, 0.1) is 6.92 Å². The Morgan fingerprint density at radius 3 is 2.39 bits per heavy atom. The second-order valence-corrected chi connectivity index (χ2v) is 5.56. The Hall–Kier alpha value is -0.950. The molecule has 1 aromatic rings. The maximum Gasteiger partial charge on any atom is 0.294 e. The van der Waals surface area contributed by atoms with Crippen LogP contribution >= 0.6 is 0 Å². The van der Waals surface area contributed by atoms with Crippen LogP contribution in [0.5, 0.6) is 0 Å². The molecule has 1 heterocycles. The fourth-order valence-electron chi connectivity index (χ4n) is 1.54. The number of hydrogen-bond donors (Lipinski definition) is 2. The molecule has 0 radical (unpaired) electrons. The van der Waals surface area contributed by atoms with Gasteiger partial charge in [-0.25, -0.2) is 0 Å². The molecule has 1 aliphatic heterocycles. The van der Waals surface area contributed by atoms with E-state index < -0.39 is 10.1 Å². The van der Waals surface area contributed by atoms with Gasteiger partial charge in [-0.1, -0.05) is 18.2 Å². The largest absolute Gasteiger partial charge is 0.379 e. The van der Waals surface area contributed by atoms with E-state index in [-0.39, 0.29) is 4.90 Å². The number of nitrogens with one attached hydrogen (secondary N) is 1. The molecule has 18 heavy (non-hydrogen) atoms. The van der Waals surface area contributed by atoms with Gasteiger partial charge in [0.2, 0.25) is 0 Å². The van der Waals surface area contributed by atoms with Crippen LogP contribution in [0.4, 0.5) is 0 Å². The molecule has 2 N–H and O–H groups in total. The minimum Gasteiger partial charge on any atom is -0.379 e. The molecular formula is C12H19NO4S. The van der Waals surface area contributed by atoms with Crippen LogP contribution in [-0.2, 0) is 14.9 Å². The van der Waals surface area contributed by atoms with E-state index in [1.165, 1.54) is 6.07 Å². The van der Waals surface area contributed by atoms with E-state index in [1.54, 1.807) is 25.1 Å². The van der Waals surface area contributed by atoms with Crippen LogP contribution in [0.15, 0.2) is 29.2 Å². The van der Waals surface area contributed by atoms with Gasteiger partial charge in [0.25, 0.3) is 10.1 Å². The van der Waals surface area contributed by atoms with Crippen LogP contribution in [0.1, 0.15) is 12.5 Å². The van der Waals surface area contributed by atoms with Crippen molar-refractivity contribution in [3.63, 3.8) is 0 Å². The van der Waals surface area contributed by atoms with Crippen molar-refractivity contribution in [3.05, 3.63) is 29.8 Å². The van der Waals surface area contributed by atoms with Crippen molar-refractivity contribution in [1.29, 1.82) is 0 Å². The molecular weight excluding hydrogens is 254 g/mol. The highest BCUT2D eigenvalue weighted by atomic mass is 32.2. The third kappa shape index (κ3) is 5.14. The van der Waals surface area contributed by atoms with Gasteiger partial charge in [-0.15, -0.1) is 0 Å². The molecule has 0 unspecified atom stereocenters. The van der Waals surface area contributed by atoms with E-state index in [2.05, 4.69) is 12.2 Å². The molecule has 6 heteroatoms. The standard InChI is InChI=1S/C7H8O3S.C5H11NO/c1-6-4-2-3-5-7(6)11(8,9)10;1-5-4-7-3-2-6-5/h2-5H,1H3,(H,8,9,10);5-6H,2-4H2,1H3/t;5-/m.1/s1. The molecule has 1 aromatic carbocycles. The van der Waals surface area contributed by atoms with Gasteiger partial charge in [0.15, 0.2) is 0 Å². The van der Waals surface area contributed by atoms with Gasteiger partial charge in [0.1, 0.15) is 0 Å². The predicted molar refractivity (Wildman–Crippen MR) is 69.3 cm³/mol. The van der Waals surface area contributed by atoms with Crippen molar-refractivity contribution in [1.82, 2.24) is 5.32 Å². The van der Waals surface area contributed by atoms with Gasteiger partial charge < -0.3 is 10.1 Å². The van der Waals surface area contributed by atoms with Crippen molar-refractivity contribution in [2.24, 2.45) is 0 Å². The minimum atomic E-state index is -4.03. The van der Waals surface area contributed by atoms with Gasteiger partial charge in [0, 0.05) is 12.6 Å².